The zero-order valence-electron chi connectivity index (χ0n) is 11.3. The first-order valence-electron chi connectivity index (χ1n) is 6.34. The second-order valence-electron chi connectivity index (χ2n) is 4.35. The van der Waals surface area contributed by atoms with Gasteiger partial charge in [0.05, 0.1) is 4.34 Å². The van der Waals surface area contributed by atoms with Gasteiger partial charge in [-0.25, -0.2) is 4.79 Å². The van der Waals surface area contributed by atoms with E-state index in [-0.39, 0.29) is 5.91 Å². The number of benzene rings is 1. The third-order valence-corrected chi connectivity index (χ3v) is 3.95. The molecular formula is C15H14ClNO3S. The first kappa shape index (κ1) is 15.5. The molecule has 110 valence electrons. The number of carbonyl (C=O) groups excluding carboxylic acids is 2. The van der Waals surface area contributed by atoms with Crippen molar-refractivity contribution < 1.29 is 14.3 Å². The Morgan fingerprint density at radius 1 is 1.24 bits per heavy atom. The highest BCUT2D eigenvalue weighted by atomic mass is 35.5. The summed E-state index contributed by atoms with van der Waals surface area (Å²) in [5, 5.41) is 2.72. The Kier molecular flexibility index (Phi) is 5.36. The molecular weight excluding hydrogens is 310 g/mol. The summed E-state index contributed by atoms with van der Waals surface area (Å²) < 4.78 is 5.60. The number of halogens is 1. The van der Waals surface area contributed by atoms with Crippen molar-refractivity contribution in [3.05, 3.63) is 57.2 Å². The van der Waals surface area contributed by atoms with Gasteiger partial charge >= 0.3 is 5.97 Å². The maximum Gasteiger partial charge on any atom is 0.349 e. The molecule has 2 rings (SSSR count). The predicted molar refractivity (Wildman–Crippen MR) is 82.5 cm³/mol. The fraction of sp³-hybridized carbons (Fsp3) is 0.200. The lowest BCUT2D eigenvalue weighted by atomic mass is 10.2. The molecule has 0 saturated carbocycles. The van der Waals surface area contributed by atoms with E-state index < -0.39 is 12.1 Å². The SMILES string of the molecule is C[C@@H](OC(=O)c1ccc(Cl)s1)C(=O)NCc1ccccc1. The van der Waals surface area contributed by atoms with Crippen LogP contribution in [-0.2, 0) is 16.1 Å². The predicted octanol–water partition coefficient (Wildman–Crippen LogP) is 3.26. The monoisotopic (exact) mass is 323 g/mol. The van der Waals surface area contributed by atoms with Gasteiger partial charge in [0.15, 0.2) is 6.10 Å². The summed E-state index contributed by atoms with van der Waals surface area (Å²) in [7, 11) is 0. The second kappa shape index (κ2) is 7.24. The Bertz CT molecular complexity index is 627. The number of amides is 1. The average molecular weight is 324 g/mol. The van der Waals surface area contributed by atoms with Crippen molar-refractivity contribution >= 4 is 34.8 Å². The van der Waals surface area contributed by atoms with Crippen LogP contribution in [0.25, 0.3) is 0 Å². The molecule has 6 heteroatoms. The summed E-state index contributed by atoms with van der Waals surface area (Å²) in [6.45, 7) is 1.93. The van der Waals surface area contributed by atoms with Gasteiger partial charge in [-0.05, 0) is 24.6 Å². The fourth-order valence-electron chi connectivity index (χ4n) is 1.62. The number of rotatable bonds is 5. The maximum absolute atomic E-state index is 11.9. The van der Waals surface area contributed by atoms with Crippen LogP contribution in [0.3, 0.4) is 0 Å². The minimum Gasteiger partial charge on any atom is -0.448 e. The molecule has 0 spiro atoms. The number of nitrogens with one attached hydrogen (secondary N) is 1. The summed E-state index contributed by atoms with van der Waals surface area (Å²) in [6, 6.07) is 12.7. The molecule has 0 aliphatic heterocycles. The van der Waals surface area contributed by atoms with Crippen molar-refractivity contribution in [3.8, 4) is 0 Å². The van der Waals surface area contributed by atoms with Gasteiger partial charge < -0.3 is 10.1 Å². The standard InChI is InChI=1S/C15H14ClNO3S/c1-10(20-15(19)12-7-8-13(16)21-12)14(18)17-9-11-5-3-2-4-6-11/h2-8,10H,9H2,1H3,(H,17,18)/t10-/m1/s1. The van der Waals surface area contributed by atoms with Crippen molar-refractivity contribution in [3.63, 3.8) is 0 Å². The highest BCUT2D eigenvalue weighted by molar-refractivity contribution is 7.17. The minimum atomic E-state index is -0.859. The molecule has 2 aromatic rings. The lowest BCUT2D eigenvalue weighted by Crippen LogP contribution is -2.35. The van der Waals surface area contributed by atoms with E-state index in [9.17, 15) is 9.59 Å². The minimum absolute atomic E-state index is 0.338. The lowest BCUT2D eigenvalue weighted by molar-refractivity contribution is -0.129. The van der Waals surface area contributed by atoms with Crippen LogP contribution in [0.5, 0.6) is 0 Å². The molecule has 0 aliphatic rings. The number of ether oxygens (including phenoxy) is 1. The van der Waals surface area contributed by atoms with Crippen LogP contribution in [0.2, 0.25) is 4.34 Å². The van der Waals surface area contributed by atoms with Gasteiger partial charge in [0.25, 0.3) is 5.91 Å². The van der Waals surface area contributed by atoms with Crippen LogP contribution in [0.15, 0.2) is 42.5 Å². The Hall–Kier alpha value is -1.85. The molecule has 1 amide bonds. The molecule has 0 unspecified atom stereocenters. The Morgan fingerprint density at radius 2 is 1.95 bits per heavy atom. The molecule has 1 heterocycles. The third-order valence-electron chi connectivity index (χ3n) is 2.74. The van der Waals surface area contributed by atoms with Gasteiger partial charge in [0.2, 0.25) is 0 Å². The smallest absolute Gasteiger partial charge is 0.349 e. The molecule has 0 fully saturated rings. The quantitative estimate of drug-likeness (QED) is 0.859. The molecule has 21 heavy (non-hydrogen) atoms. The summed E-state index contributed by atoms with van der Waals surface area (Å²) >= 11 is 6.87. The number of esters is 1. The Morgan fingerprint density at radius 3 is 2.57 bits per heavy atom. The van der Waals surface area contributed by atoms with Crippen LogP contribution >= 0.6 is 22.9 Å². The van der Waals surface area contributed by atoms with Crippen molar-refractivity contribution in [1.82, 2.24) is 5.32 Å². The fourth-order valence-corrected chi connectivity index (χ4v) is 2.55. The van der Waals surface area contributed by atoms with E-state index in [1.807, 2.05) is 30.3 Å². The van der Waals surface area contributed by atoms with E-state index in [1.54, 1.807) is 12.1 Å². The van der Waals surface area contributed by atoms with Crippen LogP contribution in [-0.4, -0.2) is 18.0 Å². The van der Waals surface area contributed by atoms with Crippen molar-refractivity contribution in [2.75, 3.05) is 0 Å². The lowest BCUT2D eigenvalue weighted by Gasteiger charge is -2.12. The van der Waals surface area contributed by atoms with Crippen LogP contribution < -0.4 is 5.32 Å². The maximum atomic E-state index is 11.9. The molecule has 1 atom stereocenters. The van der Waals surface area contributed by atoms with E-state index in [2.05, 4.69) is 5.32 Å². The van der Waals surface area contributed by atoms with Crippen molar-refractivity contribution in [2.24, 2.45) is 0 Å². The van der Waals surface area contributed by atoms with Crippen molar-refractivity contribution in [1.29, 1.82) is 0 Å². The van der Waals surface area contributed by atoms with E-state index in [1.165, 1.54) is 6.92 Å². The van der Waals surface area contributed by atoms with E-state index in [0.717, 1.165) is 16.9 Å². The zero-order chi connectivity index (χ0) is 15.2. The van der Waals surface area contributed by atoms with Gasteiger partial charge in [0.1, 0.15) is 4.88 Å². The summed E-state index contributed by atoms with van der Waals surface area (Å²) in [6.07, 6.45) is -0.859. The number of carbonyl (C=O) groups is 2. The first-order valence-corrected chi connectivity index (χ1v) is 7.53. The summed E-state index contributed by atoms with van der Waals surface area (Å²) in [5.41, 5.74) is 0.981. The van der Waals surface area contributed by atoms with Crippen LogP contribution in [0, 0.1) is 0 Å². The highest BCUT2D eigenvalue weighted by Crippen LogP contribution is 2.22. The molecule has 1 aromatic heterocycles. The Labute approximate surface area is 131 Å². The molecule has 4 nitrogen and oxygen atoms in total. The highest BCUT2D eigenvalue weighted by Gasteiger charge is 2.19. The molecule has 0 bridgehead atoms. The van der Waals surface area contributed by atoms with Crippen LogP contribution in [0.1, 0.15) is 22.2 Å². The summed E-state index contributed by atoms with van der Waals surface area (Å²) in [5.74, 6) is -0.885. The normalized spacial score (nSPS) is 11.7. The van der Waals surface area contributed by atoms with Gasteiger partial charge in [-0.15, -0.1) is 11.3 Å². The van der Waals surface area contributed by atoms with E-state index in [4.69, 9.17) is 16.3 Å². The number of hydrogen-bond donors (Lipinski definition) is 1. The second-order valence-corrected chi connectivity index (χ2v) is 6.07. The number of thiophene rings is 1. The first-order chi connectivity index (χ1) is 10.1. The third kappa shape index (κ3) is 4.58. The largest absolute Gasteiger partial charge is 0.448 e. The van der Waals surface area contributed by atoms with E-state index in [0.29, 0.717) is 15.8 Å². The molecule has 1 aromatic carbocycles. The van der Waals surface area contributed by atoms with Gasteiger partial charge in [-0.1, -0.05) is 41.9 Å². The molecule has 0 saturated heterocycles. The topological polar surface area (TPSA) is 55.4 Å². The van der Waals surface area contributed by atoms with Gasteiger partial charge in [-0.2, -0.15) is 0 Å². The van der Waals surface area contributed by atoms with Crippen molar-refractivity contribution in [2.45, 2.75) is 19.6 Å². The van der Waals surface area contributed by atoms with Gasteiger partial charge in [-0.3, -0.25) is 4.79 Å². The molecule has 0 aliphatic carbocycles. The zero-order valence-corrected chi connectivity index (χ0v) is 12.9. The van der Waals surface area contributed by atoms with Gasteiger partial charge in [0, 0.05) is 6.54 Å². The average Bonchev–Trinajstić information content (AvgIpc) is 2.92. The molecule has 1 N–H and O–H groups in total. The Balaban J connectivity index is 1.83. The molecule has 0 radical (unpaired) electrons. The summed E-state index contributed by atoms with van der Waals surface area (Å²) in [4.78, 5) is 24.1. The number of hydrogen-bond acceptors (Lipinski definition) is 4. The van der Waals surface area contributed by atoms with Crippen LogP contribution in [0.4, 0.5) is 0 Å². The van der Waals surface area contributed by atoms with E-state index >= 15 is 0 Å².